The third-order valence-corrected chi connectivity index (χ3v) is 8.80. The fraction of sp³-hybridized carbons (Fsp3) is 0.368. The lowest BCUT2D eigenvalue weighted by Crippen LogP contribution is -2.74. The van der Waals surface area contributed by atoms with E-state index in [0.29, 0.717) is 0 Å². The van der Waals surface area contributed by atoms with Gasteiger partial charge in [-0.1, -0.05) is 192 Å². The zero-order valence-electron chi connectivity index (χ0n) is 25.0. The highest BCUT2D eigenvalue weighted by molar-refractivity contribution is 7.19. The van der Waals surface area contributed by atoms with Gasteiger partial charge >= 0.3 is 0 Å². The molecule has 0 N–H and O–H groups in total. The zero-order chi connectivity index (χ0) is 28.1. The fourth-order valence-electron chi connectivity index (χ4n) is 6.14. The van der Waals surface area contributed by atoms with E-state index in [1.165, 1.54) is 105 Å². The van der Waals surface area contributed by atoms with Gasteiger partial charge in [0.05, 0.1) is 6.16 Å². The Morgan fingerprint density at radius 3 is 0.875 bits per heavy atom. The summed E-state index contributed by atoms with van der Waals surface area (Å²) in [6.45, 7) is 2.29. The van der Waals surface area contributed by atoms with E-state index in [1.54, 1.807) is 0 Å². The van der Waals surface area contributed by atoms with Crippen LogP contribution in [0.4, 0.5) is 0 Å². The molecule has 0 heterocycles. The van der Waals surface area contributed by atoms with Gasteiger partial charge in [0, 0.05) is 0 Å². The normalized spacial score (nSPS) is 11.1. The van der Waals surface area contributed by atoms with E-state index in [4.69, 9.17) is 0 Å². The van der Waals surface area contributed by atoms with Crippen LogP contribution >= 0.6 is 9.24 Å². The Kier molecular flexibility index (Phi) is 15.5. The van der Waals surface area contributed by atoms with E-state index >= 15 is 0 Å². The van der Waals surface area contributed by atoms with Gasteiger partial charge in [-0.05, 0) is 22.1 Å². The molecule has 4 rings (SSSR count). The average molecular weight is 551 g/mol. The Balaban J connectivity index is 0.000000255. The topological polar surface area (TPSA) is 0 Å². The minimum Gasteiger partial charge on any atom is -0.195 e. The van der Waals surface area contributed by atoms with Gasteiger partial charge in [0.25, 0.3) is 0 Å². The average Bonchev–Trinajstić information content (AvgIpc) is 3.03. The van der Waals surface area contributed by atoms with Crippen molar-refractivity contribution < 1.29 is 0 Å². The molecule has 4 aromatic carbocycles. The molecule has 0 saturated carbocycles. The molecule has 212 valence electrons. The minimum absolute atomic E-state index is 1.22. The number of rotatable bonds is 16. The standard InChI is InChI=1S/C24H20B.C14H31P/c1-5-13-21(14-6-1)25(22-15-7-2-8-16-22,23-17-9-3-10-18-23)24-19-11-4-12-20-24;1-2-3-4-5-6-7-8-9-10-11-12-13-14-15/h1-20H;2-15H2,1H3/q-1;/p+1. The maximum atomic E-state index is 2.29. The molecule has 0 aliphatic rings. The maximum Gasteiger partial charge on any atom is 0.108 e. The first-order valence-corrected chi connectivity index (χ1v) is 17.0. The van der Waals surface area contributed by atoms with Crippen LogP contribution < -0.4 is 21.9 Å². The Hall–Kier alpha value is -2.63. The van der Waals surface area contributed by atoms with Gasteiger partial charge in [-0.3, -0.25) is 0 Å². The Morgan fingerprint density at radius 2 is 0.625 bits per heavy atom. The van der Waals surface area contributed by atoms with Gasteiger partial charge in [0.15, 0.2) is 0 Å². The van der Waals surface area contributed by atoms with Gasteiger partial charge in [-0.25, -0.2) is 0 Å². The van der Waals surface area contributed by atoms with Crippen LogP contribution in [0.5, 0.6) is 0 Å². The molecule has 0 aliphatic carbocycles. The van der Waals surface area contributed by atoms with Crippen LogP contribution in [0.25, 0.3) is 0 Å². The molecule has 0 aliphatic heterocycles. The van der Waals surface area contributed by atoms with Gasteiger partial charge in [0.1, 0.15) is 6.15 Å². The third-order valence-electron chi connectivity index (χ3n) is 8.30. The minimum atomic E-state index is -1.22. The molecule has 0 radical (unpaired) electrons. The summed E-state index contributed by atoms with van der Waals surface area (Å²) in [7, 11) is 2.11. The highest BCUT2D eigenvalue weighted by atomic mass is 31.0. The van der Waals surface area contributed by atoms with Crippen LogP contribution in [-0.4, -0.2) is 12.3 Å². The largest absolute Gasteiger partial charge is 0.195 e. The molecule has 0 aromatic heterocycles. The molecule has 0 bridgehead atoms. The van der Waals surface area contributed by atoms with Crippen molar-refractivity contribution in [2.24, 2.45) is 0 Å². The lowest BCUT2D eigenvalue weighted by atomic mass is 9.13. The highest BCUT2D eigenvalue weighted by Gasteiger charge is 2.31. The van der Waals surface area contributed by atoms with Crippen LogP contribution in [0.3, 0.4) is 0 Å². The van der Waals surface area contributed by atoms with E-state index in [-0.39, 0.29) is 0 Å². The van der Waals surface area contributed by atoms with Crippen LogP contribution in [0, 0.1) is 0 Å². The SMILES string of the molecule is CCCCCCCCCCCCCC[PH3+].c1ccc([B-](c2ccccc2)(c2ccccc2)c2ccccc2)cc1. The number of hydrogen-bond donors (Lipinski definition) is 0. The molecule has 1 atom stereocenters. The highest BCUT2D eigenvalue weighted by Crippen LogP contribution is 2.12. The summed E-state index contributed by atoms with van der Waals surface area (Å²) in [6.07, 6.45) is 17.8. The van der Waals surface area contributed by atoms with Crippen molar-refractivity contribution >= 4 is 37.2 Å². The van der Waals surface area contributed by atoms with Gasteiger partial charge in [-0.2, -0.15) is 21.9 Å². The molecule has 2 heteroatoms. The lowest BCUT2D eigenvalue weighted by molar-refractivity contribution is 0.548. The number of hydrogen-bond acceptors (Lipinski definition) is 0. The third kappa shape index (κ3) is 9.78. The summed E-state index contributed by atoms with van der Waals surface area (Å²) in [5.74, 6) is 0. The van der Waals surface area contributed by atoms with Crippen molar-refractivity contribution in [3.8, 4) is 0 Å². The fourth-order valence-corrected chi connectivity index (χ4v) is 6.49. The summed E-state index contributed by atoms with van der Waals surface area (Å²) in [4.78, 5) is 0. The molecular weight excluding hydrogens is 498 g/mol. The number of unbranched alkanes of at least 4 members (excludes halogenated alkanes) is 11. The van der Waals surface area contributed by atoms with E-state index < -0.39 is 6.15 Å². The second-order valence-electron chi connectivity index (χ2n) is 11.3. The summed E-state index contributed by atoms with van der Waals surface area (Å²) < 4.78 is 0. The summed E-state index contributed by atoms with van der Waals surface area (Å²) in [5.41, 5.74) is 5.36. The maximum absolute atomic E-state index is 2.29. The summed E-state index contributed by atoms with van der Waals surface area (Å²) in [5, 5.41) is 0. The van der Waals surface area contributed by atoms with Crippen molar-refractivity contribution in [3.05, 3.63) is 121 Å². The lowest BCUT2D eigenvalue weighted by Gasteiger charge is -2.44. The molecule has 0 nitrogen and oxygen atoms in total. The van der Waals surface area contributed by atoms with Crippen LogP contribution in [0.15, 0.2) is 121 Å². The smallest absolute Gasteiger partial charge is 0.108 e. The van der Waals surface area contributed by atoms with Crippen LogP contribution in [0.1, 0.15) is 84.0 Å². The van der Waals surface area contributed by atoms with E-state index in [1.807, 2.05) is 0 Å². The Labute approximate surface area is 248 Å². The van der Waals surface area contributed by atoms with Crippen molar-refractivity contribution in [1.82, 2.24) is 0 Å². The zero-order valence-corrected chi connectivity index (χ0v) is 26.4. The van der Waals surface area contributed by atoms with Crippen molar-refractivity contribution in [1.29, 1.82) is 0 Å². The molecule has 1 unspecified atom stereocenters. The molecule has 0 amide bonds. The first-order valence-electron chi connectivity index (χ1n) is 16.0. The van der Waals surface area contributed by atoms with E-state index in [0.717, 1.165) is 0 Å². The Morgan fingerprint density at radius 1 is 0.375 bits per heavy atom. The van der Waals surface area contributed by atoms with Crippen molar-refractivity contribution in [2.45, 2.75) is 84.0 Å². The second-order valence-corrected chi connectivity index (χ2v) is 12.0. The predicted octanol–water partition coefficient (Wildman–Crippen LogP) is 8.36. The van der Waals surface area contributed by atoms with Crippen molar-refractivity contribution in [3.63, 3.8) is 0 Å². The van der Waals surface area contributed by atoms with Gasteiger partial charge in [-0.15, -0.1) is 0 Å². The first kappa shape index (κ1) is 31.9. The second kappa shape index (κ2) is 19.5. The van der Waals surface area contributed by atoms with Gasteiger partial charge < -0.3 is 0 Å². The van der Waals surface area contributed by atoms with E-state index in [9.17, 15) is 0 Å². The quantitative estimate of drug-likeness (QED) is 0.0747. The van der Waals surface area contributed by atoms with E-state index in [2.05, 4.69) is 137 Å². The number of benzene rings is 4. The molecule has 0 spiro atoms. The van der Waals surface area contributed by atoms with Crippen LogP contribution in [-0.2, 0) is 0 Å². The monoisotopic (exact) mass is 550 g/mol. The Bertz CT molecular complexity index is 954. The summed E-state index contributed by atoms with van der Waals surface area (Å²) in [6, 6.07) is 43.5. The molecule has 0 fully saturated rings. The molecule has 0 saturated heterocycles. The predicted molar refractivity (Wildman–Crippen MR) is 187 cm³/mol. The first-order chi connectivity index (χ1) is 19.8. The van der Waals surface area contributed by atoms with Crippen molar-refractivity contribution in [2.75, 3.05) is 6.16 Å². The molecule has 4 aromatic rings. The summed E-state index contributed by atoms with van der Waals surface area (Å²) >= 11 is 0. The van der Waals surface area contributed by atoms with Crippen LogP contribution in [0.2, 0.25) is 0 Å². The van der Waals surface area contributed by atoms with Gasteiger partial charge in [0.2, 0.25) is 0 Å². The molecular formula is C38H52BP. The molecule has 40 heavy (non-hydrogen) atoms.